The summed E-state index contributed by atoms with van der Waals surface area (Å²) in [7, 11) is 1.34. The Morgan fingerprint density at radius 3 is 2.34 bits per heavy atom. The first-order chi connectivity index (χ1) is 13.8. The number of nitrogens with zero attached hydrogens (tertiary/aromatic N) is 1. The Kier molecular flexibility index (Phi) is 5.82. The Bertz CT molecular complexity index is 1060. The van der Waals surface area contributed by atoms with E-state index in [0.717, 1.165) is 23.1 Å². The maximum Gasteiger partial charge on any atom is 0.338 e. The van der Waals surface area contributed by atoms with Crippen LogP contribution >= 0.6 is 0 Å². The van der Waals surface area contributed by atoms with E-state index >= 15 is 0 Å². The van der Waals surface area contributed by atoms with Crippen LogP contribution in [-0.2, 0) is 4.74 Å². The van der Waals surface area contributed by atoms with Gasteiger partial charge in [0.05, 0.1) is 12.7 Å². The number of carbonyl (C=O) groups excluding carboxylic acids is 2. The van der Waals surface area contributed by atoms with Gasteiger partial charge in [-0.2, -0.15) is 0 Å². The Labute approximate surface area is 168 Å². The van der Waals surface area contributed by atoms with Gasteiger partial charge in [-0.3, -0.25) is 4.79 Å². The van der Waals surface area contributed by atoms with Gasteiger partial charge in [0, 0.05) is 22.6 Å². The van der Waals surface area contributed by atoms with Gasteiger partial charge in [-0.05, 0) is 57.2 Å². The number of rotatable bonds is 6. The molecule has 0 saturated heterocycles. The van der Waals surface area contributed by atoms with Gasteiger partial charge in [0.1, 0.15) is 0 Å². The first-order valence-corrected chi connectivity index (χ1v) is 9.16. The standard InChI is InChI=1S/C23H22FNO4/c1-14-12-19(15(2)25(14)18-8-6-5-7-9-18)22(26)16(3)29-23(27)17-10-11-21(28-4)20(24)13-17/h5-13,16H,1-4H3/t16-/m0/s1. The Morgan fingerprint density at radius 2 is 1.72 bits per heavy atom. The van der Waals surface area contributed by atoms with Crippen LogP contribution < -0.4 is 4.74 Å². The highest BCUT2D eigenvalue weighted by molar-refractivity contribution is 6.02. The van der Waals surface area contributed by atoms with Gasteiger partial charge in [-0.25, -0.2) is 9.18 Å². The van der Waals surface area contributed by atoms with Crippen LogP contribution in [0.25, 0.3) is 5.69 Å². The van der Waals surface area contributed by atoms with Gasteiger partial charge in [0.25, 0.3) is 0 Å². The molecule has 1 aromatic heterocycles. The third kappa shape index (κ3) is 4.06. The Balaban J connectivity index is 1.80. The van der Waals surface area contributed by atoms with Crippen LogP contribution in [0.2, 0.25) is 0 Å². The zero-order valence-corrected chi connectivity index (χ0v) is 16.7. The number of methoxy groups -OCH3 is 1. The SMILES string of the molecule is COc1ccc(C(=O)O[C@@H](C)C(=O)c2cc(C)n(-c3ccccc3)c2C)cc1F. The molecule has 1 heterocycles. The fourth-order valence-corrected chi connectivity index (χ4v) is 3.28. The number of aryl methyl sites for hydroxylation is 1. The molecule has 0 unspecified atom stereocenters. The first kappa shape index (κ1) is 20.3. The van der Waals surface area contributed by atoms with Gasteiger partial charge >= 0.3 is 5.97 Å². The van der Waals surface area contributed by atoms with E-state index in [4.69, 9.17) is 9.47 Å². The van der Waals surface area contributed by atoms with Crippen molar-refractivity contribution in [2.45, 2.75) is 26.9 Å². The monoisotopic (exact) mass is 395 g/mol. The number of para-hydroxylation sites is 1. The van der Waals surface area contributed by atoms with Crippen molar-refractivity contribution in [3.8, 4) is 11.4 Å². The number of Topliss-reactive ketones (excluding diaryl/α,β-unsaturated/α-hetero) is 1. The summed E-state index contributed by atoms with van der Waals surface area (Å²) in [5, 5.41) is 0. The van der Waals surface area contributed by atoms with Crippen molar-refractivity contribution >= 4 is 11.8 Å². The third-order valence-corrected chi connectivity index (χ3v) is 4.75. The maximum atomic E-state index is 13.8. The van der Waals surface area contributed by atoms with Crippen molar-refractivity contribution in [2.24, 2.45) is 0 Å². The van der Waals surface area contributed by atoms with Crippen molar-refractivity contribution in [1.29, 1.82) is 0 Å². The summed E-state index contributed by atoms with van der Waals surface area (Å²) in [6, 6.07) is 15.2. The van der Waals surface area contributed by atoms with Gasteiger partial charge in [0.15, 0.2) is 17.7 Å². The molecule has 6 heteroatoms. The minimum atomic E-state index is -1.02. The highest BCUT2D eigenvalue weighted by atomic mass is 19.1. The third-order valence-electron chi connectivity index (χ3n) is 4.75. The molecule has 0 radical (unpaired) electrons. The fraction of sp³-hybridized carbons (Fsp3) is 0.217. The predicted octanol–water partition coefficient (Wildman–Crippen LogP) is 4.67. The summed E-state index contributed by atoms with van der Waals surface area (Å²) in [6.07, 6.45) is -1.02. The number of esters is 1. The van der Waals surface area contributed by atoms with Gasteiger partial charge < -0.3 is 14.0 Å². The van der Waals surface area contributed by atoms with E-state index in [1.807, 2.05) is 48.7 Å². The Morgan fingerprint density at radius 1 is 1.03 bits per heavy atom. The first-order valence-electron chi connectivity index (χ1n) is 9.16. The second kappa shape index (κ2) is 8.31. The molecule has 0 amide bonds. The van der Waals surface area contributed by atoms with Crippen molar-refractivity contribution in [3.63, 3.8) is 0 Å². The molecule has 0 saturated carbocycles. The van der Waals surface area contributed by atoms with Gasteiger partial charge in [-0.1, -0.05) is 18.2 Å². The van der Waals surface area contributed by atoms with Crippen LogP contribution in [0, 0.1) is 19.7 Å². The second-order valence-corrected chi connectivity index (χ2v) is 6.72. The molecule has 1 atom stereocenters. The van der Waals surface area contributed by atoms with Crippen molar-refractivity contribution in [3.05, 3.63) is 82.9 Å². The van der Waals surface area contributed by atoms with Crippen LogP contribution in [0.3, 0.4) is 0 Å². The van der Waals surface area contributed by atoms with E-state index in [0.29, 0.717) is 5.56 Å². The average molecular weight is 395 g/mol. The molecule has 0 aliphatic heterocycles. The van der Waals surface area contributed by atoms with E-state index < -0.39 is 17.9 Å². The second-order valence-electron chi connectivity index (χ2n) is 6.72. The van der Waals surface area contributed by atoms with Gasteiger partial charge in [0.2, 0.25) is 5.78 Å². The number of carbonyl (C=O) groups is 2. The van der Waals surface area contributed by atoms with E-state index in [1.165, 1.54) is 26.2 Å². The summed E-state index contributed by atoms with van der Waals surface area (Å²) < 4.78 is 25.9. The highest BCUT2D eigenvalue weighted by Crippen LogP contribution is 2.23. The zero-order chi connectivity index (χ0) is 21.1. The average Bonchev–Trinajstić information content (AvgIpc) is 3.01. The van der Waals surface area contributed by atoms with E-state index in [-0.39, 0.29) is 17.1 Å². The number of ether oxygens (including phenoxy) is 2. The number of aromatic nitrogens is 1. The quantitative estimate of drug-likeness (QED) is 0.450. The van der Waals surface area contributed by atoms with Crippen molar-refractivity contribution < 1.29 is 23.5 Å². The summed E-state index contributed by atoms with van der Waals surface area (Å²) in [5.41, 5.74) is 3.09. The van der Waals surface area contributed by atoms with E-state index in [9.17, 15) is 14.0 Å². The molecule has 0 N–H and O–H groups in total. The summed E-state index contributed by atoms with van der Waals surface area (Å²) in [5.74, 6) is -1.74. The molecule has 0 fully saturated rings. The predicted molar refractivity (Wildman–Crippen MR) is 107 cm³/mol. The lowest BCUT2D eigenvalue weighted by Crippen LogP contribution is -2.25. The number of hydrogen-bond acceptors (Lipinski definition) is 4. The largest absolute Gasteiger partial charge is 0.494 e. The topological polar surface area (TPSA) is 57.5 Å². The number of hydrogen-bond donors (Lipinski definition) is 0. The number of ketones is 1. The molecule has 0 bridgehead atoms. The minimum Gasteiger partial charge on any atom is -0.494 e. The molecule has 29 heavy (non-hydrogen) atoms. The van der Waals surface area contributed by atoms with Crippen LogP contribution in [0.15, 0.2) is 54.6 Å². The minimum absolute atomic E-state index is 0.0118. The molecule has 5 nitrogen and oxygen atoms in total. The summed E-state index contributed by atoms with van der Waals surface area (Å²) >= 11 is 0. The zero-order valence-electron chi connectivity index (χ0n) is 16.7. The molecule has 0 spiro atoms. The van der Waals surface area contributed by atoms with E-state index in [1.54, 1.807) is 6.07 Å². The Hall–Kier alpha value is -3.41. The molecule has 2 aromatic carbocycles. The molecule has 0 aliphatic carbocycles. The van der Waals surface area contributed by atoms with Crippen molar-refractivity contribution in [2.75, 3.05) is 7.11 Å². The molecular formula is C23H22FNO4. The smallest absolute Gasteiger partial charge is 0.338 e. The number of benzene rings is 2. The summed E-state index contributed by atoms with van der Waals surface area (Å²) in [4.78, 5) is 25.2. The van der Waals surface area contributed by atoms with Crippen LogP contribution in [0.1, 0.15) is 39.0 Å². The highest BCUT2D eigenvalue weighted by Gasteiger charge is 2.25. The molecule has 3 aromatic rings. The van der Waals surface area contributed by atoms with Crippen molar-refractivity contribution in [1.82, 2.24) is 4.57 Å². The molecule has 3 rings (SSSR count). The lowest BCUT2D eigenvalue weighted by atomic mass is 10.1. The number of halogens is 1. The molecule has 0 aliphatic rings. The molecule has 150 valence electrons. The summed E-state index contributed by atoms with van der Waals surface area (Å²) in [6.45, 7) is 5.27. The lowest BCUT2D eigenvalue weighted by Gasteiger charge is -2.14. The van der Waals surface area contributed by atoms with Gasteiger partial charge in [-0.15, -0.1) is 0 Å². The van der Waals surface area contributed by atoms with E-state index in [2.05, 4.69) is 0 Å². The maximum absolute atomic E-state index is 13.8. The fourth-order valence-electron chi connectivity index (χ4n) is 3.28. The van der Waals surface area contributed by atoms with Crippen LogP contribution in [0.5, 0.6) is 5.75 Å². The lowest BCUT2D eigenvalue weighted by molar-refractivity contribution is 0.0318. The molecular weight excluding hydrogens is 373 g/mol. The van der Waals surface area contributed by atoms with Crippen LogP contribution in [-0.4, -0.2) is 29.5 Å². The van der Waals surface area contributed by atoms with Crippen LogP contribution in [0.4, 0.5) is 4.39 Å². The normalized spacial score (nSPS) is 11.8.